The molecule has 0 bridgehead atoms. The van der Waals surface area contributed by atoms with E-state index in [1.54, 1.807) is 16.7 Å². The second kappa shape index (κ2) is 12.7. The van der Waals surface area contributed by atoms with Crippen LogP contribution < -0.4 is 9.64 Å². The number of carboxylic acids is 1. The maximum atomic E-state index is 12.2. The van der Waals surface area contributed by atoms with Gasteiger partial charge in [0, 0.05) is 40.6 Å². The number of anilines is 2. The lowest BCUT2D eigenvalue weighted by atomic mass is 10.1. The molecule has 5 nitrogen and oxygen atoms in total. The van der Waals surface area contributed by atoms with Crippen LogP contribution in [0.2, 0.25) is 15.1 Å². The molecule has 206 valence electrons. The summed E-state index contributed by atoms with van der Waals surface area (Å²) in [6.45, 7) is 7.13. The van der Waals surface area contributed by atoms with Gasteiger partial charge in [-0.2, -0.15) is 0 Å². The zero-order chi connectivity index (χ0) is 29.0. The number of ether oxygens (including phenoxy) is 1. The topological polar surface area (TPSA) is 54.7 Å². The molecule has 0 amide bonds. The van der Waals surface area contributed by atoms with Gasteiger partial charge in [-0.1, -0.05) is 46.8 Å². The summed E-state index contributed by atoms with van der Waals surface area (Å²) in [5.41, 5.74) is 6.12. The molecule has 40 heavy (non-hydrogen) atoms. The predicted octanol–water partition coefficient (Wildman–Crippen LogP) is 8.86. The van der Waals surface area contributed by atoms with Gasteiger partial charge in [0.05, 0.1) is 17.3 Å². The Labute approximate surface area is 249 Å². The maximum absolute atomic E-state index is 12.2. The number of carbonyl (C=O) groups is 1. The number of nitrogens with zero attached hydrogens (tertiary/aromatic N) is 2. The number of carboxylic acid groups (broad SMARTS) is 1. The van der Waals surface area contributed by atoms with Crippen molar-refractivity contribution in [3.63, 3.8) is 0 Å². The molecule has 4 aromatic rings. The molecule has 0 saturated heterocycles. The van der Waals surface area contributed by atoms with E-state index < -0.39 is 5.97 Å². The molecule has 0 aliphatic heterocycles. The third-order valence-corrected chi connectivity index (χ3v) is 7.95. The van der Waals surface area contributed by atoms with Gasteiger partial charge in [-0.3, -0.25) is 0 Å². The van der Waals surface area contributed by atoms with Crippen molar-refractivity contribution in [1.82, 2.24) is 4.57 Å². The van der Waals surface area contributed by atoms with Crippen LogP contribution in [0.3, 0.4) is 0 Å². The average molecular weight is 596 g/mol. The number of aryl methyl sites for hydroxylation is 4. The van der Waals surface area contributed by atoms with Crippen LogP contribution in [-0.2, 0) is 13.1 Å². The fraction of sp³-hybridized carbons (Fsp3) is 0.219. The van der Waals surface area contributed by atoms with Crippen molar-refractivity contribution in [2.45, 2.75) is 40.3 Å². The van der Waals surface area contributed by atoms with Gasteiger partial charge >= 0.3 is 5.97 Å². The Morgan fingerprint density at radius 1 is 0.950 bits per heavy atom. The van der Waals surface area contributed by atoms with Crippen LogP contribution in [0.25, 0.3) is 0 Å². The van der Waals surface area contributed by atoms with Gasteiger partial charge in [0.15, 0.2) is 0 Å². The Balaban J connectivity index is 1.60. The molecule has 1 heterocycles. The van der Waals surface area contributed by atoms with Crippen LogP contribution >= 0.6 is 34.8 Å². The Morgan fingerprint density at radius 3 is 2.30 bits per heavy atom. The molecule has 3 aromatic carbocycles. The van der Waals surface area contributed by atoms with Crippen molar-refractivity contribution in [1.29, 1.82) is 0 Å². The summed E-state index contributed by atoms with van der Waals surface area (Å²) in [5, 5.41) is 11.9. The van der Waals surface area contributed by atoms with E-state index in [-0.39, 0.29) is 5.69 Å². The van der Waals surface area contributed by atoms with Crippen LogP contribution in [-0.4, -0.2) is 22.2 Å². The zero-order valence-electron chi connectivity index (χ0n) is 22.5. The van der Waals surface area contributed by atoms with Crippen LogP contribution in [0.5, 0.6) is 5.75 Å². The lowest BCUT2D eigenvalue weighted by Gasteiger charge is -2.25. The van der Waals surface area contributed by atoms with E-state index in [0.29, 0.717) is 41.7 Å². The van der Waals surface area contributed by atoms with E-state index in [9.17, 15) is 9.90 Å². The minimum Gasteiger partial charge on any atom is -0.494 e. The number of hydrogen-bond donors (Lipinski definition) is 1. The van der Waals surface area contributed by atoms with Gasteiger partial charge in [-0.15, -0.1) is 6.42 Å². The van der Waals surface area contributed by atoms with Crippen LogP contribution in [0, 0.1) is 33.1 Å². The van der Waals surface area contributed by atoms with Crippen molar-refractivity contribution < 1.29 is 14.6 Å². The molecule has 0 aliphatic rings. The third kappa shape index (κ3) is 6.77. The van der Waals surface area contributed by atoms with E-state index in [1.165, 1.54) is 0 Å². The molecule has 1 aromatic heterocycles. The first-order chi connectivity index (χ1) is 19.1. The van der Waals surface area contributed by atoms with Gasteiger partial charge in [0.2, 0.25) is 0 Å². The molecule has 0 radical (unpaired) electrons. The van der Waals surface area contributed by atoms with Crippen LogP contribution in [0.1, 0.15) is 44.7 Å². The average Bonchev–Trinajstić information content (AvgIpc) is 3.34. The first-order valence-corrected chi connectivity index (χ1v) is 13.8. The monoisotopic (exact) mass is 594 g/mol. The summed E-state index contributed by atoms with van der Waals surface area (Å²) in [4.78, 5) is 14.2. The number of aromatic carboxylic acids is 1. The largest absolute Gasteiger partial charge is 0.494 e. The number of benzene rings is 3. The van der Waals surface area contributed by atoms with Crippen molar-refractivity contribution in [3.05, 3.63) is 109 Å². The zero-order valence-corrected chi connectivity index (χ0v) is 24.7. The maximum Gasteiger partial charge on any atom is 0.352 e. The Bertz CT molecular complexity index is 1580. The molecular weight excluding hydrogens is 567 g/mol. The third-order valence-electron chi connectivity index (χ3n) is 6.62. The first kappa shape index (κ1) is 29.4. The lowest BCUT2D eigenvalue weighted by Crippen LogP contribution is -2.16. The number of rotatable bonds is 10. The van der Waals surface area contributed by atoms with E-state index in [1.807, 2.05) is 74.3 Å². The standard InChI is InChI=1S/C32H29Cl3N2O3/c1-5-24-8-7-23(16-29(24)34)18-37(25-9-10-28(33)20(2)13-25)26-17-30(32(38)39)36(19-26)11-6-12-40-27-14-21(3)31(35)22(4)15-27/h1,7-10,13-17,19H,6,11-12,18H2,2-4H3,(H,38,39). The summed E-state index contributed by atoms with van der Waals surface area (Å²) in [6, 6.07) is 16.8. The quantitative estimate of drug-likeness (QED) is 0.147. The molecule has 1 N–H and O–H groups in total. The van der Waals surface area contributed by atoms with E-state index >= 15 is 0 Å². The first-order valence-electron chi connectivity index (χ1n) is 12.7. The number of terminal acetylenes is 1. The lowest BCUT2D eigenvalue weighted by molar-refractivity contribution is 0.0684. The van der Waals surface area contributed by atoms with E-state index in [0.717, 1.165) is 44.4 Å². The molecule has 0 spiro atoms. The van der Waals surface area contributed by atoms with Crippen LogP contribution in [0.15, 0.2) is 60.8 Å². The van der Waals surface area contributed by atoms with Gasteiger partial charge in [-0.25, -0.2) is 4.79 Å². The Hall–Kier alpha value is -3.56. The minimum absolute atomic E-state index is 0.185. The smallest absolute Gasteiger partial charge is 0.352 e. The normalized spacial score (nSPS) is 10.8. The van der Waals surface area contributed by atoms with Gasteiger partial charge in [0.25, 0.3) is 0 Å². The van der Waals surface area contributed by atoms with E-state index in [2.05, 4.69) is 5.92 Å². The second-order valence-corrected chi connectivity index (χ2v) is 10.8. The van der Waals surface area contributed by atoms with Gasteiger partial charge in [-0.05, 0) is 98.0 Å². The molecule has 0 atom stereocenters. The molecule has 8 heteroatoms. The summed E-state index contributed by atoms with van der Waals surface area (Å²) < 4.78 is 7.67. The fourth-order valence-corrected chi connectivity index (χ4v) is 4.99. The van der Waals surface area contributed by atoms with Crippen LogP contribution in [0.4, 0.5) is 11.4 Å². The molecule has 4 rings (SSSR count). The van der Waals surface area contributed by atoms with Crippen molar-refractivity contribution in [2.75, 3.05) is 11.5 Å². The molecular formula is C32H29Cl3N2O3. The summed E-state index contributed by atoms with van der Waals surface area (Å²) >= 11 is 18.9. The highest BCUT2D eigenvalue weighted by Gasteiger charge is 2.19. The van der Waals surface area contributed by atoms with E-state index in [4.69, 9.17) is 46.0 Å². The Morgan fingerprint density at radius 2 is 1.68 bits per heavy atom. The SMILES string of the molecule is C#Cc1ccc(CN(c2ccc(Cl)c(C)c2)c2cc(C(=O)O)n(CCCOc3cc(C)c(Cl)c(C)c3)c2)cc1Cl. The highest BCUT2D eigenvalue weighted by atomic mass is 35.5. The fourth-order valence-electron chi connectivity index (χ4n) is 4.51. The highest BCUT2D eigenvalue weighted by Crippen LogP contribution is 2.33. The predicted molar refractivity (Wildman–Crippen MR) is 164 cm³/mol. The van der Waals surface area contributed by atoms with Crippen molar-refractivity contribution in [3.8, 4) is 18.1 Å². The van der Waals surface area contributed by atoms with Crippen molar-refractivity contribution >= 4 is 52.1 Å². The summed E-state index contributed by atoms with van der Waals surface area (Å²) in [6.07, 6.45) is 7.99. The van der Waals surface area contributed by atoms with Gasteiger partial charge in [0.1, 0.15) is 11.4 Å². The highest BCUT2D eigenvalue weighted by molar-refractivity contribution is 6.32. The second-order valence-electron chi connectivity index (χ2n) is 9.63. The molecule has 0 saturated carbocycles. The molecule has 0 fully saturated rings. The summed E-state index contributed by atoms with van der Waals surface area (Å²) in [5.74, 6) is 2.30. The Kier molecular flexibility index (Phi) is 9.37. The van der Waals surface area contributed by atoms with Crippen molar-refractivity contribution in [2.24, 2.45) is 0 Å². The number of aromatic nitrogens is 1. The minimum atomic E-state index is -1.01. The summed E-state index contributed by atoms with van der Waals surface area (Å²) in [7, 11) is 0. The van der Waals surface area contributed by atoms with Gasteiger partial charge < -0.3 is 19.3 Å². The number of halogens is 3. The molecule has 0 unspecified atom stereocenters. The molecule has 0 aliphatic carbocycles. The number of hydrogen-bond acceptors (Lipinski definition) is 3.